The monoisotopic (exact) mass is 412 g/mol. The van der Waals surface area contributed by atoms with E-state index < -0.39 is 23.6 Å². The molecule has 0 aliphatic rings. The third kappa shape index (κ3) is 5.57. The third-order valence-electron chi connectivity index (χ3n) is 4.23. The Morgan fingerprint density at radius 3 is 2.48 bits per heavy atom. The van der Waals surface area contributed by atoms with Crippen LogP contribution in [0.25, 0.3) is 0 Å². The molecule has 0 saturated carbocycles. The second-order valence-electron chi connectivity index (χ2n) is 6.71. The van der Waals surface area contributed by atoms with Gasteiger partial charge in [-0.2, -0.15) is 13.2 Å². The van der Waals surface area contributed by atoms with Crippen LogP contribution in [-0.2, 0) is 10.9 Å². The molecule has 2 amide bonds. The number of hydrogen-bond donors (Lipinski definition) is 2. The predicted molar refractivity (Wildman–Crippen MR) is 101 cm³/mol. The second kappa shape index (κ2) is 9.08. The van der Waals surface area contributed by atoms with Crippen molar-refractivity contribution in [2.24, 2.45) is 0 Å². The Bertz CT molecular complexity index is 878. The molecule has 0 atom stereocenters. The Morgan fingerprint density at radius 2 is 1.97 bits per heavy atom. The highest BCUT2D eigenvalue weighted by atomic mass is 19.4. The number of amides is 2. The van der Waals surface area contributed by atoms with Gasteiger partial charge in [0.05, 0.1) is 18.5 Å². The van der Waals surface area contributed by atoms with Gasteiger partial charge in [-0.25, -0.2) is 4.98 Å². The van der Waals surface area contributed by atoms with Crippen LogP contribution >= 0.6 is 0 Å². The van der Waals surface area contributed by atoms with E-state index in [9.17, 15) is 22.8 Å². The van der Waals surface area contributed by atoms with E-state index >= 15 is 0 Å². The highest BCUT2D eigenvalue weighted by molar-refractivity contribution is 6.04. The van der Waals surface area contributed by atoms with Crippen molar-refractivity contribution in [3.05, 3.63) is 47.0 Å². The van der Waals surface area contributed by atoms with Crippen molar-refractivity contribution in [1.82, 2.24) is 14.9 Å². The molecule has 0 saturated heterocycles. The maximum absolute atomic E-state index is 13.4. The number of imidazole rings is 1. The maximum atomic E-state index is 13.4. The van der Waals surface area contributed by atoms with Crippen LogP contribution in [0.5, 0.6) is 0 Å². The van der Waals surface area contributed by atoms with Crippen LogP contribution in [0.1, 0.15) is 46.0 Å². The first-order valence-electron chi connectivity index (χ1n) is 8.88. The number of carbonyl (C=O) groups is 2. The lowest BCUT2D eigenvalue weighted by atomic mass is 10.1. The molecule has 1 aromatic heterocycles. The molecule has 0 aliphatic carbocycles. The summed E-state index contributed by atoms with van der Waals surface area (Å²) in [5.41, 5.74) is -0.840. The number of anilines is 1. The lowest BCUT2D eigenvalue weighted by molar-refractivity contribution is -0.137. The first-order chi connectivity index (χ1) is 13.5. The van der Waals surface area contributed by atoms with E-state index in [-0.39, 0.29) is 36.1 Å². The number of halogens is 3. The SMILES string of the molecule is COCCN(C(=O)c1cc(NC(=O)c2nc[nH]c2C)cc(C(F)(F)F)c1)C(C)C. The summed E-state index contributed by atoms with van der Waals surface area (Å²) >= 11 is 0. The van der Waals surface area contributed by atoms with Gasteiger partial charge in [0, 0.05) is 36.6 Å². The normalized spacial score (nSPS) is 11.6. The van der Waals surface area contributed by atoms with Crippen LogP contribution < -0.4 is 5.32 Å². The van der Waals surface area contributed by atoms with Gasteiger partial charge < -0.3 is 19.9 Å². The number of nitrogens with zero attached hydrogens (tertiary/aromatic N) is 2. The van der Waals surface area contributed by atoms with Gasteiger partial charge in [-0.1, -0.05) is 0 Å². The fourth-order valence-corrected chi connectivity index (χ4v) is 2.71. The van der Waals surface area contributed by atoms with Crippen molar-refractivity contribution in [1.29, 1.82) is 0 Å². The number of carbonyl (C=O) groups excluding carboxylic acids is 2. The number of benzene rings is 1. The van der Waals surface area contributed by atoms with Gasteiger partial charge in [0.25, 0.3) is 11.8 Å². The quantitative estimate of drug-likeness (QED) is 0.729. The van der Waals surface area contributed by atoms with Gasteiger partial charge in [0.2, 0.25) is 0 Å². The summed E-state index contributed by atoms with van der Waals surface area (Å²) in [7, 11) is 1.47. The van der Waals surface area contributed by atoms with Crippen LogP contribution in [-0.4, -0.2) is 53.0 Å². The molecule has 2 aromatic rings. The standard InChI is InChI=1S/C19H23F3N4O3/c1-11(2)26(5-6-29-4)18(28)13-7-14(19(20,21)22)9-15(8-13)25-17(27)16-12(3)23-10-24-16/h7-11H,5-6H2,1-4H3,(H,23,24)(H,25,27). The van der Waals surface area contributed by atoms with Crippen LogP contribution in [0.15, 0.2) is 24.5 Å². The zero-order valence-corrected chi connectivity index (χ0v) is 16.6. The fraction of sp³-hybridized carbons (Fsp3) is 0.421. The Balaban J connectivity index is 2.41. The van der Waals surface area contributed by atoms with E-state index in [1.54, 1.807) is 20.8 Å². The average molecular weight is 412 g/mol. The fourth-order valence-electron chi connectivity index (χ4n) is 2.71. The summed E-state index contributed by atoms with van der Waals surface area (Å²) in [5, 5.41) is 2.39. The number of alkyl halides is 3. The van der Waals surface area contributed by atoms with Crippen molar-refractivity contribution >= 4 is 17.5 Å². The Morgan fingerprint density at radius 1 is 1.28 bits per heavy atom. The molecule has 1 aromatic carbocycles. The van der Waals surface area contributed by atoms with Crippen molar-refractivity contribution < 1.29 is 27.5 Å². The Kier molecular flexibility index (Phi) is 7.02. The number of H-pyrrole nitrogens is 1. The zero-order valence-electron chi connectivity index (χ0n) is 16.6. The smallest absolute Gasteiger partial charge is 0.383 e. The molecule has 0 aliphatic heterocycles. The molecule has 7 nitrogen and oxygen atoms in total. The number of ether oxygens (including phenoxy) is 1. The highest BCUT2D eigenvalue weighted by Crippen LogP contribution is 2.32. The summed E-state index contributed by atoms with van der Waals surface area (Å²) in [4.78, 5) is 33.2. The molecular formula is C19H23F3N4O3. The van der Waals surface area contributed by atoms with Gasteiger partial charge in [-0.05, 0) is 39.0 Å². The largest absolute Gasteiger partial charge is 0.416 e. The molecule has 0 spiro atoms. The van der Waals surface area contributed by atoms with Crippen LogP contribution in [0.4, 0.5) is 18.9 Å². The molecule has 2 rings (SSSR count). The van der Waals surface area contributed by atoms with E-state index in [0.29, 0.717) is 5.69 Å². The summed E-state index contributed by atoms with van der Waals surface area (Å²) in [6, 6.07) is 2.53. The number of aryl methyl sites for hydroxylation is 1. The van der Waals surface area contributed by atoms with Crippen molar-refractivity contribution in [3.8, 4) is 0 Å². The second-order valence-corrected chi connectivity index (χ2v) is 6.71. The minimum absolute atomic E-state index is 0.0548. The van der Waals surface area contributed by atoms with E-state index in [0.717, 1.165) is 12.1 Å². The number of methoxy groups -OCH3 is 1. The molecule has 1 heterocycles. The molecular weight excluding hydrogens is 389 g/mol. The molecule has 0 fully saturated rings. The van der Waals surface area contributed by atoms with E-state index in [1.165, 1.54) is 24.4 Å². The first-order valence-corrected chi connectivity index (χ1v) is 8.88. The van der Waals surface area contributed by atoms with E-state index in [1.807, 2.05) is 0 Å². The highest BCUT2D eigenvalue weighted by Gasteiger charge is 2.33. The molecule has 0 radical (unpaired) electrons. The molecule has 0 bridgehead atoms. The summed E-state index contributed by atoms with van der Waals surface area (Å²) in [5.74, 6) is -1.27. The molecule has 158 valence electrons. The van der Waals surface area contributed by atoms with E-state index in [2.05, 4.69) is 15.3 Å². The lowest BCUT2D eigenvalue weighted by Gasteiger charge is -2.27. The Hall–Kier alpha value is -2.88. The van der Waals surface area contributed by atoms with E-state index in [4.69, 9.17) is 4.74 Å². The first kappa shape index (κ1) is 22.4. The number of aromatic nitrogens is 2. The van der Waals surface area contributed by atoms with Crippen molar-refractivity contribution in [2.45, 2.75) is 33.0 Å². The zero-order chi connectivity index (χ0) is 21.8. The van der Waals surface area contributed by atoms with Gasteiger partial charge in [0.1, 0.15) is 5.69 Å². The van der Waals surface area contributed by atoms with Crippen LogP contribution in [0.3, 0.4) is 0 Å². The minimum Gasteiger partial charge on any atom is -0.383 e. The number of hydrogen-bond acceptors (Lipinski definition) is 4. The van der Waals surface area contributed by atoms with Gasteiger partial charge >= 0.3 is 6.18 Å². The van der Waals surface area contributed by atoms with Crippen molar-refractivity contribution in [3.63, 3.8) is 0 Å². The van der Waals surface area contributed by atoms with Gasteiger partial charge in [-0.3, -0.25) is 9.59 Å². The molecule has 0 unspecified atom stereocenters. The Labute approximate surface area is 166 Å². The number of nitrogens with one attached hydrogen (secondary N) is 2. The van der Waals surface area contributed by atoms with Gasteiger partial charge in [0.15, 0.2) is 0 Å². The average Bonchev–Trinajstić information content (AvgIpc) is 3.06. The summed E-state index contributed by atoms with van der Waals surface area (Å²) in [6.07, 6.45) is -3.38. The van der Waals surface area contributed by atoms with Crippen molar-refractivity contribution in [2.75, 3.05) is 25.6 Å². The number of rotatable bonds is 7. The molecule has 10 heteroatoms. The van der Waals surface area contributed by atoms with Gasteiger partial charge in [-0.15, -0.1) is 0 Å². The summed E-state index contributed by atoms with van der Waals surface area (Å²) < 4.78 is 45.1. The molecule has 2 N–H and O–H groups in total. The third-order valence-corrected chi connectivity index (χ3v) is 4.23. The lowest BCUT2D eigenvalue weighted by Crippen LogP contribution is -2.39. The predicted octanol–water partition coefficient (Wildman–Crippen LogP) is 3.49. The summed E-state index contributed by atoms with van der Waals surface area (Å²) in [6.45, 7) is 5.58. The molecule has 29 heavy (non-hydrogen) atoms. The maximum Gasteiger partial charge on any atom is 0.416 e. The van der Waals surface area contributed by atoms with Crippen LogP contribution in [0, 0.1) is 6.92 Å². The number of aromatic amines is 1. The topological polar surface area (TPSA) is 87.3 Å². The van der Waals surface area contributed by atoms with Crippen LogP contribution in [0.2, 0.25) is 0 Å². The minimum atomic E-state index is -4.69.